The number of rotatable bonds is 2. The summed E-state index contributed by atoms with van der Waals surface area (Å²) in [6, 6.07) is 3.28. The lowest BCUT2D eigenvalue weighted by Gasteiger charge is -2.14. The number of ketones is 1. The molecule has 94 valence electrons. The molecule has 0 radical (unpaired) electrons. The number of amides is 1. The molecule has 1 aliphatic heterocycles. The smallest absolute Gasteiger partial charge is 0.261 e. The Morgan fingerprint density at radius 2 is 1.94 bits per heavy atom. The number of carbonyl (C=O) groups is 2. The van der Waals surface area contributed by atoms with Gasteiger partial charge in [-0.15, -0.1) is 0 Å². The zero-order valence-corrected chi connectivity index (χ0v) is 11.5. The Balaban J connectivity index is 2.59. The van der Waals surface area contributed by atoms with Crippen LogP contribution in [0.4, 0.5) is 0 Å². The highest BCUT2D eigenvalue weighted by atomic mass is 35.5. The molecule has 0 N–H and O–H groups in total. The van der Waals surface area contributed by atoms with Crippen molar-refractivity contribution in [2.24, 2.45) is 4.99 Å². The van der Waals surface area contributed by atoms with E-state index < -0.39 is 11.8 Å². The maximum Gasteiger partial charge on any atom is 0.261 e. The predicted molar refractivity (Wildman–Crippen MR) is 71.7 cm³/mol. The Morgan fingerprint density at radius 3 is 2.44 bits per heavy atom. The summed E-state index contributed by atoms with van der Waals surface area (Å²) in [7, 11) is 0. The molecule has 0 fully saturated rings. The molecule has 0 bridgehead atoms. The Kier molecular flexibility index (Phi) is 3.55. The Bertz CT molecular complexity index is 579. The van der Waals surface area contributed by atoms with E-state index in [1.165, 1.54) is 6.92 Å². The van der Waals surface area contributed by atoms with Crippen LogP contribution in [-0.2, 0) is 16.0 Å². The summed E-state index contributed by atoms with van der Waals surface area (Å²) in [6.45, 7) is 3.46. The Morgan fingerprint density at radius 1 is 1.28 bits per heavy atom. The number of hydrogen-bond donors (Lipinski definition) is 0. The van der Waals surface area contributed by atoms with Crippen LogP contribution in [-0.4, -0.2) is 17.4 Å². The summed E-state index contributed by atoms with van der Waals surface area (Å²) in [5, 5.41) is 0.840. The van der Waals surface area contributed by atoms with Crippen molar-refractivity contribution < 1.29 is 9.59 Å². The van der Waals surface area contributed by atoms with Crippen molar-refractivity contribution in [2.75, 3.05) is 0 Å². The summed E-state index contributed by atoms with van der Waals surface area (Å²) >= 11 is 12.1. The first-order valence-corrected chi connectivity index (χ1v) is 6.32. The summed E-state index contributed by atoms with van der Waals surface area (Å²) in [4.78, 5) is 27.5. The molecular weight excluding hydrogens is 273 g/mol. The number of aliphatic imine (C=N–C) groups is 1. The quantitative estimate of drug-likeness (QED) is 0.783. The SMILES string of the molecule is CCc1cc(Cl)cc(Cl)c1C1C(=O)N=C(C)C1=O. The van der Waals surface area contributed by atoms with Gasteiger partial charge in [0.15, 0.2) is 5.78 Å². The average molecular weight is 284 g/mol. The van der Waals surface area contributed by atoms with Crippen molar-refractivity contribution in [3.63, 3.8) is 0 Å². The molecule has 1 aromatic rings. The van der Waals surface area contributed by atoms with E-state index in [4.69, 9.17) is 23.2 Å². The first-order chi connectivity index (χ1) is 8.45. The van der Waals surface area contributed by atoms with Gasteiger partial charge in [0.25, 0.3) is 5.91 Å². The number of halogens is 2. The van der Waals surface area contributed by atoms with E-state index in [0.29, 0.717) is 22.0 Å². The van der Waals surface area contributed by atoms with Crippen molar-refractivity contribution in [3.8, 4) is 0 Å². The molecule has 1 amide bonds. The van der Waals surface area contributed by atoms with Crippen LogP contribution in [0.25, 0.3) is 0 Å². The van der Waals surface area contributed by atoms with Gasteiger partial charge in [0, 0.05) is 10.0 Å². The highest BCUT2D eigenvalue weighted by Gasteiger charge is 2.38. The second-order valence-electron chi connectivity index (χ2n) is 4.15. The molecule has 1 aromatic carbocycles. The number of benzene rings is 1. The van der Waals surface area contributed by atoms with Crippen LogP contribution >= 0.6 is 23.2 Å². The number of Topliss-reactive ketones (excluding diaryl/α,β-unsaturated/α-hetero) is 1. The largest absolute Gasteiger partial charge is 0.292 e. The zero-order chi connectivity index (χ0) is 13.4. The van der Waals surface area contributed by atoms with E-state index in [0.717, 1.165) is 5.56 Å². The third-order valence-corrected chi connectivity index (χ3v) is 3.52. The molecule has 1 heterocycles. The number of nitrogens with zero attached hydrogens (tertiary/aromatic N) is 1. The Labute approximate surface area is 115 Å². The van der Waals surface area contributed by atoms with Gasteiger partial charge in [0.2, 0.25) is 0 Å². The Hall–Kier alpha value is -1.19. The van der Waals surface area contributed by atoms with Gasteiger partial charge in [-0.25, -0.2) is 4.99 Å². The van der Waals surface area contributed by atoms with Crippen molar-refractivity contribution in [2.45, 2.75) is 26.2 Å². The van der Waals surface area contributed by atoms with Crippen LogP contribution < -0.4 is 0 Å². The highest BCUT2D eigenvalue weighted by Crippen LogP contribution is 2.35. The maximum atomic E-state index is 12.0. The summed E-state index contributed by atoms with van der Waals surface area (Å²) in [5.74, 6) is -1.62. The summed E-state index contributed by atoms with van der Waals surface area (Å²) in [6.07, 6.45) is 0.645. The topological polar surface area (TPSA) is 46.5 Å². The summed E-state index contributed by atoms with van der Waals surface area (Å²) < 4.78 is 0. The molecule has 1 unspecified atom stereocenters. The molecular formula is C13H11Cl2NO2. The lowest BCUT2D eigenvalue weighted by Crippen LogP contribution is -2.19. The molecule has 0 aliphatic carbocycles. The first-order valence-electron chi connectivity index (χ1n) is 5.56. The monoisotopic (exact) mass is 283 g/mol. The van der Waals surface area contributed by atoms with Crippen LogP contribution in [0, 0.1) is 0 Å². The second-order valence-corrected chi connectivity index (χ2v) is 4.99. The minimum absolute atomic E-state index is 0.234. The maximum absolute atomic E-state index is 12.0. The van der Waals surface area contributed by atoms with Gasteiger partial charge < -0.3 is 0 Å². The van der Waals surface area contributed by atoms with E-state index in [9.17, 15) is 9.59 Å². The van der Waals surface area contributed by atoms with Crippen LogP contribution in [0.3, 0.4) is 0 Å². The van der Waals surface area contributed by atoms with Crippen molar-refractivity contribution in [1.29, 1.82) is 0 Å². The second kappa shape index (κ2) is 4.82. The molecule has 18 heavy (non-hydrogen) atoms. The van der Waals surface area contributed by atoms with Gasteiger partial charge in [-0.05, 0) is 36.6 Å². The van der Waals surface area contributed by atoms with Gasteiger partial charge in [-0.1, -0.05) is 30.1 Å². The number of carbonyl (C=O) groups excluding carboxylic acids is 2. The standard InChI is InChI=1S/C13H11Cl2NO2/c1-3-7-4-8(14)5-9(15)10(7)11-12(17)6(2)16-13(11)18/h4-5,11H,3H2,1-2H3. The van der Waals surface area contributed by atoms with Gasteiger partial charge in [-0.3, -0.25) is 9.59 Å². The molecule has 3 nitrogen and oxygen atoms in total. The van der Waals surface area contributed by atoms with Gasteiger partial charge in [-0.2, -0.15) is 0 Å². The molecule has 0 saturated carbocycles. The van der Waals surface area contributed by atoms with Crippen LogP contribution in [0.2, 0.25) is 10.0 Å². The molecule has 0 aromatic heterocycles. The molecule has 0 spiro atoms. The van der Waals surface area contributed by atoms with Crippen molar-refractivity contribution in [3.05, 3.63) is 33.3 Å². The first kappa shape index (κ1) is 13.2. The predicted octanol–water partition coefficient (Wildman–Crippen LogP) is 3.21. The number of hydrogen-bond acceptors (Lipinski definition) is 2. The van der Waals surface area contributed by atoms with Crippen LogP contribution in [0.15, 0.2) is 17.1 Å². The minimum atomic E-state index is -0.898. The van der Waals surface area contributed by atoms with Crippen LogP contribution in [0.1, 0.15) is 30.9 Å². The van der Waals surface area contributed by atoms with Crippen molar-refractivity contribution in [1.82, 2.24) is 0 Å². The van der Waals surface area contributed by atoms with Crippen LogP contribution in [0.5, 0.6) is 0 Å². The van der Waals surface area contributed by atoms with E-state index in [1.807, 2.05) is 6.92 Å². The molecule has 1 aliphatic rings. The molecule has 2 rings (SSSR count). The third kappa shape index (κ3) is 2.08. The molecule has 1 atom stereocenters. The highest BCUT2D eigenvalue weighted by molar-refractivity contribution is 6.50. The zero-order valence-electron chi connectivity index (χ0n) is 9.96. The van der Waals surface area contributed by atoms with Crippen molar-refractivity contribution >= 4 is 40.6 Å². The van der Waals surface area contributed by atoms with E-state index in [1.54, 1.807) is 12.1 Å². The fourth-order valence-corrected chi connectivity index (χ4v) is 2.76. The van der Waals surface area contributed by atoms with Gasteiger partial charge in [0.05, 0.1) is 5.71 Å². The van der Waals surface area contributed by atoms with E-state index >= 15 is 0 Å². The van der Waals surface area contributed by atoms with E-state index in [2.05, 4.69) is 4.99 Å². The minimum Gasteiger partial charge on any atom is -0.292 e. The van der Waals surface area contributed by atoms with E-state index in [-0.39, 0.29) is 11.5 Å². The fraction of sp³-hybridized carbons (Fsp3) is 0.308. The fourth-order valence-electron chi connectivity index (χ4n) is 2.11. The molecule has 5 heteroatoms. The summed E-state index contributed by atoms with van der Waals surface area (Å²) in [5.41, 5.74) is 1.58. The molecule has 0 saturated heterocycles. The van der Waals surface area contributed by atoms with Gasteiger partial charge >= 0.3 is 0 Å². The average Bonchev–Trinajstić information content (AvgIpc) is 2.54. The normalized spacial score (nSPS) is 19.3. The number of aryl methyl sites for hydroxylation is 1. The third-order valence-electron chi connectivity index (χ3n) is 2.99. The van der Waals surface area contributed by atoms with Gasteiger partial charge in [0.1, 0.15) is 5.92 Å². The lowest BCUT2D eigenvalue weighted by molar-refractivity contribution is -0.123. The lowest BCUT2D eigenvalue weighted by atomic mass is 9.89.